The van der Waals surface area contributed by atoms with Gasteiger partial charge in [-0.3, -0.25) is 14.2 Å². The lowest BCUT2D eigenvalue weighted by Crippen LogP contribution is -2.37. The number of nitrogens with zero attached hydrogens (tertiary/aromatic N) is 1. The van der Waals surface area contributed by atoms with Gasteiger partial charge in [0.15, 0.2) is 6.10 Å². The average molecular weight is 886 g/mol. The highest BCUT2D eigenvalue weighted by Gasteiger charge is 2.22. The van der Waals surface area contributed by atoms with Crippen molar-refractivity contribution in [2.75, 3.05) is 47.5 Å². The highest BCUT2D eigenvalue weighted by atomic mass is 31.2. The Morgan fingerprint density at radius 1 is 0.590 bits per heavy atom. The van der Waals surface area contributed by atoms with E-state index in [2.05, 4.69) is 13.8 Å². The maximum atomic E-state index is 12.7. The summed E-state index contributed by atoms with van der Waals surface area (Å²) in [6, 6.07) is 0. The summed E-state index contributed by atoms with van der Waals surface area (Å²) in [5.41, 5.74) is 0. The van der Waals surface area contributed by atoms with Crippen molar-refractivity contribution in [3.63, 3.8) is 0 Å². The molecule has 0 radical (unpaired) electrons. The quantitative estimate of drug-likeness (QED) is 0.0175. The van der Waals surface area contributed by atoms with Gasteiger partial charge in [-0.15, -0.1) is 0 Å². The van der Waals surface area contributed by atoms with Gasteiger partial charge in [-0.25, -0.2) is 0 Å². The number of quaternary nitrogens is 1. The zero-order valence-corrected chi connectivity index (χ0v) is 39.8. The summed E-state index contributed by atoms with van der Waals surface area (Å²) in [6.45, 7) is 3.74. The number of likely N-dealkylation sites (N-methyl/N-ethyl adjacent to an activating group) is 1. The first kappa shape index (κ1) is 58.9. The van der Waals surface area contributed by atoms with Crippen LogP contribution in [-0.4, -0.2) is 104 Å². The molecule has 0 aromatic carbocycles. The second-order valence-electron chi connectivity index (χ2n) is 17.3. The van der Waals surface area contributed by atoms with E-state index in [1.165, 1.54) is 89.5 Å². The molecule has 1 unspecified atom stereocenters. The van der Waals surface area contributed by atoms with Crippen molar-refractivity contribution in [2.24, 2.45) is 0 Å². The summed E-state index contributed by atoms with van der Waals surface area (Å²) in [5, 5.41) is 30.5. The van der Waals surface area contributed by atoms with Crippen molar-refractivity contribution < 1.29 is 57.4 Å². The van der Waals surface area contributed by atoms with E-state index < -0.39 is 57.4 Å². The third-order valence-electron chi connectivity index (χ3n) is 10.2. The van der Waals surface area contributed by atoms with Gasteiger partial charge < -0.3 is 43.2 Å². The van der Waals surface area contributed by atoms with Crippen molar-refractivity contribution in [1.29, 1.82) is 0 Å². The molecule has 13 heteroatoms. The first-order valence-electron chi connectivity index (χ1n) is 23.7. The molecule has 0 saturated carbocycles. The van der Waals surface area contributed by atoms with Crippen LogP contribution in [0.25, 0.3) is 0 Å². The first-order valence-corrected chi connectivity index (χ1v) is 25.1. The molecule has 0 aromatic rings. The molecule has 0 aliphatic rings. The molecular formula is C48H88NO11P. The Balaban J connectivity index is 4.61. The molecule has 0 heterocycles. The maximum Gasteiger partial charge on any atom is 0.306 e. The minimum atomic E-state index is -4.71. The number of allylic oxidation sites excluding steroid dienone is 6. The fourth-order valence-electron chi connectivity index (χ4n) is 6.33. The number of hydrogen-bond donors (Lipinski definition) is 3. The Kier molecular flexibility index (Phi) is 38.1. The molecule has 0 rings (SSSR count). The van der Waals surface area contributed by atoms with Gasteiger partial charge in [-0.05, 0) is 25.7 Å². The summed E-state index contributed by atoms with van der Waals surface area (Å²) in [4.78, 5) is 37.7. The van der Waals surface area contributed by atoms with Crippen LogP contribution in [0.5, 0.6) is 0 Å². The summed E-state index contributed by atoms with van der Waals surface area (Å²) in [5.74, 6) is -1.16. The molecule has 61 heavy (non-hydrogen) atoms. The van der Waals surface area contributed by atoms with Gasteiger partial charge in [0.05, 0.1) is 46.1 Å². The number of carbonyl (C=O) groups excluding carboxylic acids is 2. The number of carbonyl (C=O) groups is 2. The van der Waals surface area contributed by atoms with Gasteiger partial charge in [0.1, 0.15) is 19.8 Å². The Labute approximate surface area is 371 Å². The third kappa shape index (κ3) is 41.6. The molecule has 0 bridgehead atoms. The predicted octanol–water partition coefficient (Wildman–Crippen LogP) is 9.75. The topological polar surface area (TPSA) is 172 Å². The van der Waals surface area contributed by atoms with Gasteiger partial charge >= 0.3 is 11.9 Å². The first-order chi connectivity index (χ1) is 29.2. The van der Waals surface area contributed by atoms with Crippen LogP contribution in [0.4, 0.5) is 0 Å². The number of rotatable bonds is 42. The van der Waals surface area contributed by atoms with Crippen LogP contribution in [0.2, 0.25) is 0 Å². The number of aliphatic hydroxyl groups excluding tert-OH is 3. The van der Waals surface area contributed by atoms with Gasteiger partial charge in [-0.1, -0.05) is 184 Å². The van der Waals surface area contributed by atoms with Gasteiger partial charge in [0.2, 0.25) is 0 Å². The highest BCUT2D eigenvalue weighted by molar-refractivity contribution is 7.45. The highest BCUT2D eigenvalue weighted by Crippen LogP contribution is 2.38. The second-order valence-corrected chi connectivity index (χ2v) is 18.8. The molecule has 0 amide bonds. The number of aliphatic hydroxyl groups is 3. The lowest BCUT2D eigenvalue weighted by atomic mass is 10.0. The van der Waals surface area contributed by atoms with Crippen molar-refractivity contribution in [1.82, 2.24) is 0 Å². The van der Waals surface area contributed by atoms with Crippen molar-refractivity contribution in [3.8, 4) is 0 Å². The zero-order valence-electron chi connectivity index (χ0n) is 38.9. The van der Waals surface area contributed by atoms with Gasteiger partial charge in [0, 0.05) is 12.8 Å². The molecule has 12 nitrogen and oxygen atoms in total. The Morgan fingerprint density at radius 2 is 1.07 bits per heavy atom. The number of esters is 2. The number of hydrogen-bond acceptors (Lipinski definition) is 11. The van der Waals surface area contributed by atoms with E-state index in [4.69, 9.17) is 18.5 Å². The lowest BCUT2D eigenvalue weighted by Gasteiger charge is -2.28. The van der Waals surface area contributed by atoms with E-state index >= 15 is 0 Å². The van der Waals surface area contributed by atoms with Crippen LogP contribution in [0.1, 0.15) is 174 Å². The van der Waals surface area contributed by atoms with Crippen LogP contribution in [-0.2, 0) is 32.7 Å². The number of phosphoric acid groups is 1. The van der Waals surface area contributed by atoms with E-state index in [1.54, 1.807) is 42.5 Å². The lowest BCUT2D eigenvalue weighted by molar-refractivity contribution is -0.870. The molecule has 0 aromatic heterocycles. The molecule has 3 N–H and O–H groups in total. The molecule has 0 spiro atoms. The normalized spacial score (nSPS) is 15.5. The van der Waals surface area contributed by atoms with E-state index in [9.17, 15) is 34.4 Å². The molecule has 0 aliphatic carbocycles. The molecule has 5 atom stereocenters. The zero-order chi connectivity index (χ0) is 45.5. The van der Waals surface area contributed by atoms with E-state index in [1.807, 2.05) is 21.1 Å². The summed E-state index contributed by atoms with van der Waals surface area (Å²) < 4.78 is 33.7. The molecule has 0 saturated heterocycles. The fraction of sp³-hybridized carbons (Fsp3) is 0.792. The Hall–Kier alpha value is -2.15. The number of phosphoric ester groups is 1. The molecule has 0 fully saturated rings. The predicted molar refractivity (Wildman–Crippen MR) is 245 cm³/mol. The molecular weight excluding hydrogens is 797 g/mol. The Bertz CT molecular complexity index is 1230. The van der Waals surface area contributed by atoms with Crippen LogP contribution in [0.15, 0.2) is 48.6 Å². The van der Waals surface area contributed by atoms with Gasteiger partial charge in [-0.2, -0.15) is 0 Å². The van der Waals surface area contributed by atoms with Crippen LogP contribution < -0.4 is 4.89 Å². The summed E-state index contributed by atoms with van der Waals surface area (Å²) in [6.07, 6.45) is 35.0. The molecule has 0 aliphatic heterocycles. The van der Waals surface area contributed by atoms with E-state index in [-0.39, 0.29) is 32.3 Å². The fourth-order valence-corrected chi connectivity index (χ4v) is 7.06. The van der Waals surface area contributed by atoms with Crippen LogP contribution in [0, 0.1) is 0 Å². The number of unbranched alkanes of at least 4 members (excludes halogenated alkanes) is 18. The number of ether oxygens (including phenoxy) is 2. The monoisotopic (exact) mass is 886 g/mol. The second kappa shape index (κ2) is 39.4. The smallest absolute Gasteiger partial charge is 0.306 e. The van der Waals surface area contributed by atoms with E-state index in [0.717, 1.165) is 44.9 Å². The van der Waals surface area contributed by atoms with E-state index in [0.29, 0.717) is 17.4 Å². The van der Waals surface area contributed by atoms with Crippen LogP contribution >= 0.6 is 7.82 Å². The van der Waals surface area contributed by atoms with Crippen LogP contribution in [0.3, 0.4) is 0 Å². The summed E-state index contributed by atoms with van der Waals surface area (Å²) >= 11 is 0. The minimum absolute atomic E-state index is 0.0754. The standard InChI is InChI=1S/C48H88NO11P/c1-6-8-10-11-12-13-14-15-16-17-18-19-20-21-22-27-31-37-48(54)60-44(42-59-61(55,56)58-40-39-49(3,4)5)41-57-47(53)38-32-36-46(52)45(51)35-30-26-24-23-25-29-34-43(50)33-28-9-7-2/h23-26,29-30,34-35,43-46,50-52H,6-22,27-28,31-33,36-42H2,1-5H3/b25-23-,26-24+,34-29+,35-30+/t43-,44-,45-,46-/m1/s1. The SMILES string of the molecule is CCCCCCCCCCCCCCCCCCCC(=O)O[C@H](COC(=O)CCC[C@@H](O)[C@H](O)/C=C/C=C/C=C\C=C\[C@H](O)CCCCC)COP(=O)([O-])OCC[N+](C)(C)C. The maximum absolute atomic E-state index is 12.7. The Morgan fingerprint density at radius 3 is 1.61 bits per heavy atom. The van der Waals surface area contributed by atoms with Crippen molar-refractivity contribution >= 4 is 19.8 Å². The van der Waals surface area contributed by atoms with Crippen molar-refractivity contribution in [3.05, 3.63) is 48.6 Å². The third-order valence-corrected chi connectivity index (χ3v) is 11.2. The average Bonchev–Trinajstić information content (AvgIpc) is 3.20. The largest absolute Gasteiger partial charge is 0.756 e. The summed E-state index contributed by atoms with van der Waals surface area (Å²) in [7, 11) is 0.977. The minimum Gasteiger partial charge on any atom is -0.756 e. The van der Waals surface area contributed by atoms with Gasteiger partial charge in [0.25, 0.3) is 7.82 Å². The molecule has 356 valence electrons. The van der Waals surface area contributed by atoms with Crippen molar-refractivity contribution in [2.45, 2.75) is 199 Å².